The van der Waals surface area contributed by atoms with Gasteiger partial charge in [-0.25, -0.2) is 8.42 Å². The fraction of sp³-hybridized carbons (Fsp3) is 0.208. The summed E-state index contributed by atoms with van der Waals surface area (Å²) in [5.74, 6) is 0.678. The van der Waals surface area contributed by atoms with Crippen molar-refractivity contribution in [3.05, 3.63) is 83.4 Å². The summed E-state index contributed by atoms with van der Waals surface area (Å²) in [7, 11) is -2.18. The van der Waals surface area contributed by atoms with E-state index in [4.69, 9.17) is 16.3 Å². The van der Waals surface area contributed by atoms with Crippen molar-refractivity contribution >= 4 is 38.9 Å². The van der Waals surface area contributed by atoms with Gasteiger partial charge in [-0.1, -0.05) is 35.9 Å². The molecule has 172 valence electrons. The molecule has 7 nitrogen and oxygen atoms in total. The molecule has 1 aliphatic heterocycles. The van der Waals surface area contributed by atoms with Gasteiger partial charge >= 0.3 is 0 Å². The predicted octanol–water partition coefficient (Wildman–Crippen LogP) is 4.11. The first-order chi connectivity index (χ1) is 15.9. The van der Waals surface area contributed by atoms with Crippen LogP contribution in [-0.2, 0) is 10.0 Å². The van der Waals surface area contributed by atoms with Gasteiger partial charge in [-0.2, -0.15) is 0 Å². The van der Waals surface area contributed by atoms with Crippen molar-refractivity contribution in [3.8, 4) is 5.75 Å². The minimum absolute atomic E-state index is 0.0555. The van der Waals surface area contributed by atoms with Crippen molar-refractivity contribution in [2.45, 2.75) is 4.90 Å². The number of amides is 1. The third kappa shape index (κ3) is 5.07. The fourth-order valence-electron chi connectivity index (χ4n) is 3.75. The number of para-hydroxylation sites is 3. The summed E-state index contributed by atoms with van der Waals surface area (Å²) in [6.07, 6.45) is 0. The molecule has 33 heavy (non-hydrogen) atoms. The number of ether oxygens (including phenoxy) is 1. The lowest BCUT2D eigenvalue weighted by Crippen LogP contribution is -2.48. The Morgan fingerprint density at radius 1 is 0.909 bits per heavy atom. The highest BCUT2D eigenvalue weighted by Gasteiger charge is 2.24. The molecule has 3 aromatic rings. The second kappa shape index (κ2) is 9.72. The Hall–Kier alpha value is -3.23. The maximum Gasteiger partial charge on any atom is 0.261 e. The van der Waals surface area contributed by atoms with Crippen LogP contribution in [0.15, 0.2) is 77.7 Å². The Morgan fingerprint density at radius 2 is 1.55 bits per heavy atom. The molecule has 0 aromatic heterocycles. The van der Waals surface area contributed by atoms with Gasteiger partial charge in [-0.3, -0.25) is 9.52 Å². The number of rotatable bonds is 6. The molecule has 1 heterocycles. The summed E-state index contributed by atoms with van der Waals surface area (Å²) in [4.78, 5) is 17.0. The summed E-state index contributed by atoms with van der Waals surface area (Å²) in [5, 5.41) is 0.306. The number of halogens is 1. The second-order valence-corrected chi connectivity index (χ2v) is 9.65. The van der Waals surface area contributed by atoms with E-state index in [0.717, 1.165) is 11.4 Å². The van der Waals surface area contributed by atoms with Crippen molar-refractivity contribution < 1.29 is 17.9 Å². The molecular formula is C24H24ClN3O4S. The normalized spacial score (nSPS) is 14.1. The molecule has 4 rings (SSSR count). The molecule has 1 N–H and O–H groups in total. The number of benzene rings is 3. The van der Waals surface area contributed by atoms with Crippen LogP contribution in [0.25, 0.3) is 0 Å². The molecule has 1 fully saturated rings. The van der Waals surface area contributed by atoms with Crippen LogP contribution in [0.2, 0.25) is 5.02 Å². The highest BCUT2D eigenvalue weighted by atomic mass is 35.5. The number of anilines is 2. The van der Waals surface area contributed by atoms with Crippen LogP contribution in [0.5, 0.6) is 5.75 Å². The zero-order chi connectivity index (χ0) is 23.4. The molecule has 0 aliphatic carbocycles. The summed E-state index contributed by atoms with van der Waals surface area (Å²) >= 11 is 6.05. The lowest BCUT2D eigenvalue weighted by Gasteiger charge is -2.36. The Morgan fingerprint density at radius 3 is 2.21 bits per heavy atom. The molecule has 0 radical (unpaired) electrons. The van der Waals surface area contributed by atoms with Crippen LogP contribution in [0.1, 0.15) is 10.4 Å². The van der Waals surface area contributed by atoms with Crippen LogP contribution >= 0.6 is 11.6 Å². The minimum Gasteiger partial charge on any atom is -0.495 e. The van der Waals surface area contributed by atoms with Crippen molar-refractivity contribution in [1.29, 1.82) is 0 Å². The first-order valence-electron chi connectivity index (χ1n) is 10.4. The highest BCUT2D eigenvalue weighted by Crippen LogP contribution is 2.29. The standard InChI is InChI=1S/C24H24ClN3O4S/c1-32-23-9-5-4-8-22(23)27-14-16-28(17-15-27)24(29)18-10-12-19(13-11-18)33(30,31)26-21-7-3-2-6-20(21)25/h2-13,26H,14-17H2,1H3. The average molecular weight is 486 g/mol. The van der Waals surface area contributed by atoms with Gasteiger partial charge in [0.1, 0.15) is 5.75 Å². The van der Waals surface area contributed by atoms with Crippen molar-refractivity contribution in [1.82, 2.24) is 4.90 Å². The fourth-order valence-corrected chi connectivity index (χ4v) is 5.07. The van der Waals surface area contributed by atoms with Crippen molar-refractivity contribution in [3.63, 3.8) is 0 Å². The van der Waals surface area contributed by atoms with Gasteiger partial charge in [0.15, 0.2) is 0 Å². The van der Waals surface area contributed by atoms with Crippen LogP contribution in [0.3, 0.4) is 0 Å². The monoisotopic (exact) mass is 485 g/mol. The van der Waals surface area contributed by atoms with Crippen LogP contribution in [-0.4, -0.2) is 52.5 Å². The minimum atomic E-state index is -3.83. The van der Waals surface area contributed by atoms with Crippen molar-refractivity contribution in [2.24, 2.45) is 0 Å². The first kappa shape index (κ1) is 22.9. The summed E-state index contributed by atoms with van der Waals surface area (Å²) in [6, 6.07) is 20.4. The van der Waals surface area contributed by atoms with E-state index in [1.807, 2.05) is 24.3 Å². The third-order valence-electron chi connectivity index (χ3n) is 5.52. The quantitative estimate of drug-likeness (QED) is 0.568. The summed E-state index contributed by atoms with van der Waals surface area (Å²) < 4.78 is 33.3. The number of methoxy groups -OCH3 is 1. The smallest absolute Gasteiger partial charge is 0.261 e. The molecule has 0 spiro atoms. The topological polar surface area (TPSA) is 79.0 Å². The highest BCUT2D eigenvalue weighted by molar-refractivity contribution is 7.92. The summed E-state index contributed by atoms with van der Waals surface area (Å²) in [6.45, 7) is 2.48. The molecule has 1 amide bonds. The maximum atomic E-state index is 13.0. The molecule has 0 atom stereocenters. The van der Waals surface area contributed by atoms with Gasteiger partial charge in [-0.05, 0) is 48.5 Å². The van der Waals surface area contributed by atoms with Gasteiger partial charge in [-0.15, -0.1) is 0 Å². The van der Waals surface area contributed by atoms with E-state index in [1.54, 1.807) is 36.3 Å². The number of hydrogen-bond acceptors (Lipinski definition) is 5. The predicted molar refractivity (Wildman–Crippen MR) is 130 cm³/mol. The van der Waals surface area contributed by atoms with E-state index in [1.165, 1.54) is 24.3 Å². The van der Waals surface area contributed by atoms with Crippen LogP contribution in [0, 0.1) is 0 Å². The van der Waals surface area contributed by atoms with Gasteiger partial charge in [0.05, 0.1) is 28.4 Å². The zero-order valence-corrected chi connectivity index (χ0v) is 19.6. The zero-order valence-electron chi connectivity index (χ0n) is 18.1. The maximum absolute atomic E-state index is 13.0. The molecule has 0 unspecified atom stereocenters. The van der Waals surface area contributed by atoms with E-state index in [-0.39, 0.29) is 10.8 Å². The van der Waals surface area contributed by atoms with Gasteiger partial charge in [0, 0.05) is 31.7 Å². The molecule has 1 aliphatic rings. The van der Waals surface area contributed by atoms with Crippen molar-refractivity contribution in [2.75, 3.05) is 42.9 Å². The van der Waals surface area contributed by atoms with E-state index in [9.17, 15) is 13.2 Å². The lowest BCUT2D eigenvalue weighted by molar-refractivity contribution is 0.0746. The average Bonchev–Trinajstić information content (AvgIpc) is 2.85. The molecule has 9 heteroatoms. The summed E-state index contributed by atoms with van der Waals surface area (Å²) in [5.41, 5.74) is 1.75. The van der Waals surface area contributed by atoms with E-state index in [0.29, 0.717) is 42.5 Å². The Labute approximate surface area is 198 Å². The number of piperazine rings is 1. The van der Waals surface area contributed by atoms with Crippen LogP contribution < -0.4 is 14.4 Å². The van der Waals surface area contributed by atoms with E-state index in [2.05, 4.69) is 9.62 Å². The number of hydrogen-bond donors (Lipinski definition) is 1. The largest absolute Gasteiger partial charge is 0.495 e. The number of nitrogens with zero attached hydrogens (tertiary/aromatic N) is 2. The molecule has 3 aromatic carbocycles. The second-order valence-electron chi connectivity index (χ2n) is 7.56. The van der Waals surface area contributed by atoms with E-state index < -0.39 is 10.0 Å². The van der Waals surface area contributed by atoms with Gasteiger partial charge in [0.2, 0.25) is 0 Å². The molecule has 0 bridgehead atoms. The van der Waals surface area contributed by atoms with Gasteiger partial charge in [0.25, 0.3) is 15.9 Å². The molecule has 0 saturated carbocycles. The Bertz CT molecular complexity index is 1240. The van der Waals surface area contributed by atoms with E-state index >= 15 is 0 Å². The van der Waals surface area contributed by atoms with Gasteiger partial charge < -0.3 is 14.5 Å². The third-order valence-corrected chi connectivity index (χ3v) is 7.23. The first-order valence-corrected chi connectivity index (χ1v) is 12.3. The van der Waals surface area contributed by atoms with Crippen LogP contribution in [0.4, 0.5) is 11.4 Å². The number of carbonyl (C=O) groups excluding carboxylic acids is 1. The number of carbonyl (C=O) groups is 1. The number of nitrogens with one attached hydrogen (secondary N) is 1. The molecular weight excluding hydrogens is 462 g/mol. The lowest BCUT2D eigenvalue weighted by atomic mass is 10.1. The Kier molecular flexibility index (Phi) is 6.76. The molecule has 1 saturated heterocycles. The SMILES string of the molecule is COc1ccccc1N1CCN(C(=O)c2ccc(S(=O)(=O)Nc3ccccc3Cl)cc2)CC1. The Balaban J connectivity index is 1.41. The number of sulfonamides is 1.